The standard InChI is InChI=1S/C11H8Cl2O2S2/c1-7-4-9(6-16-7)17(14,15)8-2-3-10(12)11(13)5-8/h2-6H,1H3. The smallest absolute Gasteiger partial charge is 0.207 e. The van der Waals surface area contributed by atoms with Crippen molar-refractivity contribution in [1.29, 1.82) is 0 Å². The van der Waals surface area contributed by atoms with E-state index in [1.807, 2.05) is 6.92 Å². The van der Waals surface area contributed by atoms with Crippen LogP contribution in [0.1, 0.15) is 4.88 Å². The Morgan fingerprint density at radius 3 is 2.29 bits per heavy atom. The van der Waals surface area contributed by atoms with Gasteiger partial charge in [0.1, 0.15) is 0 Å². The predicted molar refractivity (Wildman–Crippen MR) is 71.0 cm³/mol. The molecule has 0 spiro atoms. The normalized spacial score (nSPS) is 11.7. The highest BCUT2D eigenvalue weighted by molar-refractivity contribution is 7.91. The van der Waals surface area contributed by atoms with Gasteiger partial charge in [-0.05, 0) is 31.2 Å². The summed E-state index contributed by atoms with van der Waals surface area (Å²) in [5.41, 5.74) is 0. The monoisotopic (exact) mass is 306 g/mol. The number of thiophene rings is 1. The maximum absolute atomic E-state index is 12.2. The van der Waals surface area contributed by atoms with Gasteiger partial charge in [-0.2, -0.15) is 0 Å². The Morgan fingerprint density at radius 1 is 1.06 bits per heavy atom. The molecule has 6 heteroatoms. The van der Waals surface area contributed by atoms with E-state index in [1.54, 1.807) is 11.4 Å². The van der Waals surface area contributed by atoms with Crippen molar-refractivity contribution in [2.24, 2.45) is 0 Å². The van der Waals surface area contributed by atoms with Crippen LogP contribution in [0.2, 0.25) is 10.0 Å². The molecule has 1 aromatic carbocycles. The number of hydrogen-bond acceptors (Lipinski definition) is 3. The fourth-order valence-corrected chi connectivity index (χ4v) is 4.12. The van der Waals surface area contributed by atoms with E-state index in [1.165, 1.54) is 29.5 Å². The molecule has 0 bridgehead atoms. The fraction of sp³-hybridized carbons (Fsp3) is 0.0909. The van der Waals surface area contributed by atoms with Crippen LogP contribution >= 0.6 is 34.5 Å². The molecule has 0 fully saturated rings. The van der Waals surface area contributed by atoms with Crippen LogP contribution in [0, 0.1) is 6.92 Å². The van der Waals surface area contributed by atoms with Crippen molar-refractivity contribution >= 4 is 44.4 Å². The van der Waals surface area contributed by atoms with Crippen LogP contribution in [-0.2, 0) is 9.84 Å². The minimum atomic E-state index is -3.49. The molecule has 2 aromatic rings. The van der Waals surface area contributed by atoms with Gasteiger partial charge in [0.15, 0.2) is 0 Å². The van der Waals surface area contributed by atoms with E-state index in [2.05, 4.69) is 0 Å². The van der Waals surface area contributed by atoms with Crippen LogP contribution in [0.4, 0.5) is 0 Å². The fourth-order valence-electron chi connectivity index (χ4n) is 1.34. The lowest BCUT2D eigenvalue weighted by molar-refractivity contribution is 0.596. The topological polar surface area (TPSA) is 34.1 Å². The van der Waals surface area contributed by atoms with Crippen LogP contribution < -0.4 is 0 Å². The van der Waals surface area contributed by atoms with Gasteiger partial charge in [-0.25, -0.2) is 8.42 Å². The predicted octanol–water partition coefficient (Wildman–Crippen LogP) is 4.20. The van der Waals surface area contributed by atoms with Gasteiger partial charge in [-0.15, -0.1) is 11.3 Å². The Labute approximate surface area is 114 Å². The van der Waals surface area contributed by atoms with Crippen LogP contribution in [0.5, 0.6) is 0 Å². The Kier molecular flexibility index (Phi) is 3.50. The second-order valence-electron chi connectivity index (χ2n) is 3.47. The number of aryl methyl sites for hydroxylation is 1. The lowest BCUT2D eigenvalue weighted by Crippen LogP contribution is -2.00. The maximum Gasteiger partial charge on any atom is 0.207 e. The van der Waals surface area contributed by atoms with Gasteiger partial charge in [-0.1, -0.05) is 23.2 Å². The molecule has 90 valence electrons. The molecule has 2 nitrogen and oxygen atoms in total. The highest BCUT2D eigenvalue weighted by Crippen LogP contribution is 2.29. The second-order valence-corrected chi connectivity index (χ2v) is 7.35. The summed E-state index contributed by atoms with van der Waals surface area (Å²) in [4.78, 5) is 1.40. The molecule has 17 heavy (non-hydrogen) atoms. The average molecular weight is 307 g/mol. The van der Waals surface area contributed by atoms with E-state index in [-0.39, 0.29) is 9.92 Å². The summed E-state index contributed by atoms with van der Waals surface area (Å²) < 4.78 is 24.4. The first-order valence-electron chi connectivity index (χ1n) is 4.66. The number of sulfone groups is 1. The van der Waals surface area contributed by atoms with E-state index in [0.717, 1.165) is 4.88 Å². The average Bonchev–Trinajstić information content (AvgIpc) is 2.69. The summed E-state index contributed by atoms with van der Waals surface area (Å²) in [5.74, 6) is 0. The Hall–Kier alpha value is -0.550. The van der Waals surface area contributed by atoms with Crippen molar-refractivity contribution in [3.05, 3.63) is 44.6 Å². The van der Waals surface area contributed by atoms with E-state index in [0.29, 0.717) is 9.92 Å². The van der Waals surface area contributed by atoms with E-state index in [4.69, 9.17) is 23.2 Å². The number of halogens is 2. The highest BCUT2D eigenvalue weighted by Gasteiger charge is 2.19. The minimum absolute atomic E-state index is 0.157. The molecule has 0 radical (unpaired) electrons. The van der Waals surface area contributed by atoms with Crippen molar-refractivity contribution in [2.75, 3.05) is 0 Å². The minimum Gasteiger partial charge on any atom is -0.218 e. The Morgan fingerprint density at radius 2 is 1.76 bits per heavy atom. The van der Waals surface area contributed by atoms with Crippen LogP contribution in [0.25, 0.3) is 0 Å². The quantitative estimate of drug-likeness (QED) is 0.833. The van der Waals surface area contributed by atoms with Gasteiger partial charge in [0, 0.05) is 10.3 Å². The first kappa shape index (κ1) is 12.9. The third-order valence-corrected chi connectivity index (χ3v) is 5.70. The van der Waals surface area contributed by atoms with E-state index >= 15 is 0 Å². The first-order chi connectivity index (χ1) is 7.91. The SMILES string of the molecule is Cc1cc(S(=O)(=O)c2ccc(Cl)c(Cl)c2)cs1. The van der Waals surface area contributed by atoms with Gasteiger partial charge in [0.2, 0.25) is 9.84 Å². The van der Waals surface area contributed by atoms with Crippen molar-refractivity contribution in [3.63, 3.8) is 0 Å². The zero-order chi connectivity index (χ0) is 12.6. The maximum atomic E-state index is 12.2. The molecule has 0 saturated heterocycles. The molecule has 1 aromatic heterocycles. The Balaban J connectivity index is 2.56. The van der Waals surface area contributed by atoms with E-state index < -0.39 is 9.84 Å². The molecule has 0 N–H and O–H groups in total. The molecule has 0 saturated carbocycles. The molecular weight excluding hydrogens is 299 g/mol. The van der Waals surface area contributed by atoms with Gasteiger partial charge >= 0.3 is 0 Å². The van der Waals surface area contributed by atoms with Gasteiger partial charge in [-0.3, -0.25) is 0 Å². The first-order valence-corrected chi connectivity index (χ1v) is 7.78. The molecule has 0 amide bonds. The highest BCUT2D eigenvalue weighted by atomic mass is 35.5. The van der Waals surface area contributed by atoms with Gasteiger partial charge in [0.05, 0.1) is 19.8 Å². The van der Waals surface area contributed by atoms with Crippen molar-refractivity contribution in [2.45, 2.75) is 16.7 Å². The van der Waals surface area contributed by atoms with Crippen molar-refractivity contribution in [1.82, 2.24) is 0 Å². The lowest BCUT2D eigenvalue weighted by atomic mass is 10.4. The zero-order valence-electron chi connectivity index (χ0n) is 8.78. The Bertz CT molecular complexity index is 660. The van der Waals surface area contributed by atoms with Crippen molar-refractivity contribution < 1.29 is 8.42 Å². The molecule has 0 aliphatic rings. The summed E-state index contributed by atoms with van der Waals surface area (Å²) in [6, 6.07) is 5.95. The molecular formula is C11H8Cl2O2S2. The number of rotatable bonds is 2. The third kappa shape index (κ3) is 2.50. The summed E-state index contributed by atoms with van der Waals surface area (Å²) in [5, 5.41) is 2.19. The van der Waals surface area contributed by atoms with Crippen LogP contribution in [0.3, 0.4) is 0 Å². The lowest BCUT2D eigenvalue weighted by Gasteiger charge is -2.03. The van der Waals surface area contributed by atoms with Gasteiger partial charge in [0.25, 0.3) is 0 Å². The van der Waals surface area contributed by atoms with Crippen molar-refractivity contribution in [3.8, 4) is 0 Å². The third-order valence-electron chi connectivity index (χ3n) is 2.22. The number of benzene rings is 1. The summed E-state index contributed by atoms with van der Waals surface area (Å²) in [6.07, 6.45) is 0. The molecule has 0 unspecified atom stereocenters. The molecule has 1 heterocycles. The number of hydrogen-bond donors (Lipinski definition) is 0. The zero-order valence-corrected chi connectivity index (χ0v) is 11.9. The summed E-state index contributed by atoms with van der Waals surface area (Å²) in [7, 11) is -3.49. The van der Waals surface area contributed by atoms with Gasteiger partial charge < -0.3 is 0 Å². The molecule has 0 atom stereocenters. The van der Waals surface area contributed by atoms with Crippen LogP contribution in [-0.4, -0.2) is 8.42 Å². The van der Waals surface area contributed by atoms with Crippen LogP contribution in [0.15, 0.2) is 39.4 Å². The summed E-state index contributed by atoms with van der Waals surface area (Å²) >= 11 is 13.0. The molecule has 0 aliphatic heterocycles. The summed E-state index contributed by atoms with van der Waals surface area (Å²) in [6.45, 7) is 1.86. The molecule has 0 aliphatic carbocycles. The van der Waals surface area contributed by atoms with E-state index in [9.17, 15) is 8.42 Å². The molecule has 2 rings (SSSR count). The largest absolute Gasteiger partial charge is 0.218 e. The second kappa shape index (κ2) is 4.61.